The quantitative estimate of drug-likeness (QED) is 0.387. The Kier molecular flexibility index (Phi) is 6.26. The van der Waals surface area contributed by atoms with Crippen molar-refractivity contribution >= 4 is 16.9 Å². The number of fused-ring (bicyclic) bond motifs is 1. The minimum atomic E-state index is -0.127. The number of H-pyrrole nitrogens is 1. The molecule has 0 saturated carbocycles. The number of nitrogens with one attached hydrogen (secondary N) is 2. The highest BCUT2D eigenvalue weighted by atomic mass is 16.5. The van der Waals surface area contributed by atoms with Crippen molar-refractivity contribution in [2.45, 2.75) is 26.2 Å². The van der Waals surface area contributed by atoms with Crippen molar-refractivity contribution in [1.82, 2.24) is 20.5 Å². The van der Waals surface area contributed by atoms with Gasteiger partial charge in [-0.25, -0.2) is 4.98 Å². The number of para-hydroxylation sites is 1. The van der Waals surface area contributed by atoms with Crippen LogP contribution in [0.15, 0.2) is 60.7 Å². The first-order chi connectivity index (χ1) is 15.2. The van der Waals surface area contributed by atoms with Crippen LogP contribution in [-0.4, -0.2) is 34.7 Å². The molecule has 2 aromatic carbocycles. The second-order valence-corrected chi connectivity index (χ2v) is 7.38. The van der Waals surface area contributed by atoms with Gasteiger partial charge in [-0.1, -0.05) is 62.2 Å². The van der Waals surface area contributed by atoms with Crippen molar-refractivity contribution < 1.29 is 9.53 Å². The summed E-state index contributed by atoms with van der Waals surface area (Å²) in [5, 5.41) is 11.3. The smallest absolute Gasteiger partial charge is 0.252 e. The van der Waals surface area contributed by atoms with Crippen LogP contribution in [0.5, 0.6) is 5.75 Å². The van der Waals surface area contributed by atoms with Gasteiger partial charge < -0.3 is 10.1 Å². The highest BCUT2D eigenvalue weighted by Crippen LogP contribution is 2.34. The molecule has 0 atom stereocenters. The zero-order chi connectivity index (χ0) is 21.6. The number of methoxy groups -OCH3 is 1. The van der Waals surface area contributed by atoms with Gasteiger partial charge in [0.25, 0.3) is 5.91 Å². The van der Waals surface area contributed by atoms with E-state index < -0.39 is 0 Å². The molecular weight excluding hydrogens is 388 g/mol. The predicted molar refractivity (Wildman–Crippen MR) is 123 cm³/mol. The van der Waals surface area contributed by atoms with Gasteiger partial charge in [-0.05, 0) is 24.6 Å². The lowest BCUT2D eigenvalue weighted by Crippen LogP contribution is -2.24. The summed E-state index contributed by atoms with van der Waals surface area (Å²) in [6, 6.07) is 19.3. The van der Waals surface area contributed by atoms with Crippen molar-refractivity contribution in [3.8, 4) is 28.3 Å². The van der Waals surface area contributed by atoms with Gasteiger partial charge in [0.2, 0.25) is 0 Å². The molecule has 2 aromatic heterocycles. The normalized spacial score (nSPS) is 10.9. The van der Waals surface area contributed by atoms with Gasteiger partial charge in [0, 0.05) is 17.7 Å². The van der Waals surface area contributed by atoms with Crippen LogP contribution in [-0.2, 0) is 0 Å². The molecule has 2 N–H and O–H groups in total. The molecule has 0 radical (unpaired) electrons. The third-order valence-electron chi connectivity index (χ3n) is 5.28. The Morgan fingerprint density at radius 1 is 1.06 bits per heavy atom. The fourth-order valence-corrected chi connectivity index (χ4v) is 3.68. The molecule has 0 saturated heterocycles. The minimum Gasteiger partial charge on any atom is -0.496 e. The van der Waals surface area contributed by atoms with Crippen LogP contribution < -0.4 is 10.1 Å². The monoisotopic (exact) mass is 414 g/mol. The van der Waals surface area contributed by atoms with Crippen LogP contribution in [0.1, 0.15) is 36.5 Å². The summed E-state index contributed by atoms with van der Waals surface area (Å²) in [4.78, 5) is 18.0. The van der Waals surface area contributed by atoms with Gasteiger partial charge in [-0.15, -0.1) is 0 Å². The van der Waals surface area contributed by atoms with E-state index in [1.54, 1.807) is 7.11 Å². The number of aromatic amines is 1. The van der Waals surface area contributed by atoms with Crippen LogP contribution in [0.2, 0.25) is 0 Å². The van der Waals surface area contributed by atoms with E-state index in [-0.39, 0.29) is 5.91 Å². The Labute approximate surface area is 181 Å². The van der Waals surface area contributed by atoms with E-state index in [0.29, 0.717) is 29.2 Å². The highest BCUT2D eigenvalue weighted by Gasteiger charge is 2.21. The van der Waals surface area contributed by atoms with Gasteiger partial charge in [-0.2, -0.15) is 5.10 Å². The van der Waals surface area contributed by atoms with E-state index in [1.165, 1.54) is 0 Å². The van der Waals surface area contributed by atoms with E-state index in [0.717, 1.165) is 41.5 Å². The first kappa shape index (κ1) is 20.6. The highest BCUT2D eigenvalue weighted by molar-refractivity contribution is 6.11. The van der Waals surface area contributed by atoms with Gasteiger partial charge in [0.1, 0.15) is 5.75 Å². The fourth-order valence-electron chi connectivity index (χ4n) is 3.68. The average molecular weight is 415 g/mol. The van der Waals surface area contributed by atoms with Crippen LogP contribution in [0.4, 0.5) is 0 Å². The lowest BCUT2D eigenvalue weighted by Gasteiger charge is -2.11. The minimum absolute atomic E-state index is 0.127. The van der Waals surface area contributed by atoms with Crippen molar-refractivity contribution in [3.05, 3.63) is 66.2 Å². The molecule has 6 nitrogen and oxygen atoms in total. The van der Waals surface area contributed by atoms with Gasteiger partial charge >= 0.3 is 0 Å². The first-order valence-corrected chi connectivity index (χ1v) is 10.6. The Morgan fingerprint density at radius 2 is 1.84 bits per heavy atom. The van der Waals surface area contributed by atoms with E-state index in [4.69, 9.17) is 9.72 Å². The number of rotatable bonds is 8. The number of amides is 1. The van der Waals surface area contributed by atoms with Crippen molar-refractivity contribution in [2.75, 3.05) is 13.7 Å². The first-order valence-electron chi connectivity index (χ1n) is 10.6. The maximum Gasteiger partial charge on any atom is 0.252 e. The van der Waals surface area contributed by atoms with Crippen LogP contribution >= 0.6 is 0 Å². The molecule has 0 spiro atoms. The summed E-state index contributed by atoms with van der Waals surface area (Å²) >= 11 is 0. The van der Waals surface area contributed by atoms with Crippen LogP contribution in [0.3, 0.4) is 0 Å². The molecule has 0 bridgehead atoms. The molecule has 0 fully saturated rings. The predicted octanol–water partition coefficient (Wildman–Crippen LogP) is 5.22. The number of aromatic nitrogens is 3. The molecule has 31 heavy (non-hydrogen) atoms. The van der Waals surface area contributed by atoms with Gasteiger partial charge in [-0.3, -0.25) is 9.89 Å². The fraction of sp³-hybridized carbons (Fsp3) is 0.240. The summed E-state index contributed by atoms with van der Waals surface area (Å²) in [6.07, 6.45) is 3.14. The Bertz CT molecular complexity index is 1180. The van der Waals surface area contributed by atoms with E-state index in [1.807, 2.05) is 60.7 Å². The van der Waals surface area contributed by atoms with E-state index in [2.05, 4.69) is 22.4 Å². The molecule has 4 rings (SSSR count). The second-order valence-electron chi connectivity index (χ2n) is 7.38. The Morgan fingerprint density at radius 3 is 2.61 bits per heavy atom. The lowest BCUT2D eigenvalue weighted by atomic mass is 10.0. The zero-order valence-electron chi connectivity index (χ0n) is 17.8. The van der Waals surface area contributed by atoms with Crippen molar-refractivity contribution in [3.63, 3.8) is 0 Å². The number of carbonyl (C=O) groups excluding carboxylic acids is 1. The maximum atomic E-state index is 13.2. The number of unbranched alkanes of at least 4 members (excludes halogenated alkanes) is 2. The number of hydrogen-bond donors (Lipinski definition) is 2. The number of benzene rings is 2. The summed E-state index contributed by atoms with van der Waals surface area (Å²) in [5.74, 6) is 0.570. The molecular formula is C25H26N4O2. The summed E-state index contributed by atoms with van der Waals surface area (Å²) in [5.41, 5.74) is 4.26. The van der Waals surface area contributed by atoms with E-state index >= 15 is 0 Å². The number of hydrogen-bond acceptors (Lipinski definition) is 4. The number of pyridine rings is 1. The third-order valence-corrected chi connectivity index (χ3v) is 5.28. The number of ether oxygens (including phenoxy) is 1. The van der Waals surface area contributed by atoms with Gasteiger partial charge in [0.15, 0.2) is 5.65 Å². The number of nitrogens with zero attached hydrogens (tertiary/aromatic N) is 2. The van der Waals surface area contributed by atoms with Crippen molar-refractivity contribution in [2.24, 2.45) is 0 Å². The Balaban J connectivity index is 1.85. The van der Waals surface area contributed by atoms with Crippen molar-refractivity contribution in [1.29, 1.82) is 0 Å². The van der Waals surface area contributed by atoms with Crippen LogP contribution in [0.25, 0.3) is 33.5 Å². The largest absolute Gasteiger partial charge is 0.496 e. The molecule has 4 aromatic rings. The summed E-state index contributed by atoms with van der Waals surface area (Å²) in [7, 11) is 1.63. The average Bonchev–Trinajstić information content (AvgIpc) is 3.25. The molecule has 6 heteroatoms. The molecule has 158 valence electrons. The summed E-state index contributed by atoms with van der Waals surface area (Å²) in [6.45, 7) is 2.78. The molecule has 0 aliphatic rings. The molecule has 0 aliphatic carbocycles. The molecule has 0 aliphatic heterocycles. The van der Waals surface area contributed by atoms with Crippen LogP contribution in [0, 0.1) is 0 Å². The molecule has 2 heterocycles. The zero-order valence-corrected chi connectivity index (χ0v) is 17.8. The molecule has 0 unspecified atom stereocenters. The maximum absolute atomic E-state index is 13.2. The third kappa shape index (κ3) is 4.28. The Hall–Kier alpha value is -3.67. The standard InChI is InChI=1S/C25H26N4O2/c1-3-4-10-15-26-25(30)19-16-20(18-13-8-9-14-21(18)31-2)27-24-22(19)23(28-29-24)17-11-6-5-7-12-17/h5-9,11-14,16H,3-4,10,15H2,1-2H3,(H,26,30)(H,27,28,29). The number of carbonyl (C=O) groups is 1. The second kappa shape index (κ2) is 9.43. The molecule has 1 amide bonds. The lowest BCUT2D eigenvalue weighted by molar-refractivity contribution is 0.0954. The SMILES string of the molecule is CCCCCNC(=O)c1cc(-c2ccccc2OC)nc2n[nH]c(-c3ccccc3)c12. The van der Waals surface area contributed by atoms with E-state index in [9.17, 15) is 4.79 Å². The topological polar surface area (TPSA) is 79.9 Å². The summed E-state index contributed by atoms with van der Waals surface area (Å²) < 4.78 is 5.51. The van der Waals surface area contributed by atoms with Gasteiger partial charge in [0.05, 0.1) is 29.4 Å².